The van der Waals surface area contributed by atoms with E-state index in [2.05, 4.69) is 12.2 Å². The van der Waals surface area contributed by atoms with Gasteiger partial charge < -0.3 is 10.2 Å². The van der Waals surface area contributed by atoms with E-state index in [-0.39, 0.29) is 11.7 Å². The largest absolute Gasteiger partial charge is 0.337 e. The number of halogens is 1. The van der Waals surface area contributed by atoms with E-state index >= 15 is 0 Å². The summed E-state index contributed by atoms with van der Waals surface area (Å²) in [6.45, 7) is 6.29. The highest BCUT2D eigenvalue weighted by molar-refractivity contribution is 5.94. The van der Waals surface area contributed by atoms with Crippen LogP contribution in [0.1, 0.15) is 42.1 Å². The average Bonchev–Trinajstić information content (AvgIpc) is 2.47. The van der Waals surface area contributed by atoms with Crippen LogP contribution >= 0.6 is 0 Å². The minimum Gasteiger partial charge on any atom is -0.337 e. The number of nitrogens with one attached hydrogen (secondary N) is 1. The van der Waals surface area contributed by atoms with Crippen molar-refractivity contribution in [2.24, 2.45) is 0 Å². The van der Waals surface area contributed by atoms with Crippen LogP contribution in [0, 0.1) is 12.7 Å². The molecule has 1 unspecified atom stereocenters. The molecule has 1 N–H and O–H groups in total. The summed E-state index contributed by atoms with van der Waals surface area (Å²) in [5.74, 6) is -0.375. The number of aryl methyl sites for hydroxylation is 1. The van der Waals surface area contributed by atoms with E-state index in [9.17, 15) is 9.18 Å². The Labute approximate surface area is 120 Å². The van der Waals surface area contributed by atoms with E-state index in [1.54, 1.807) is 19.1 Å². The number of amides is 1. The van der Waals surface area contributed by atoms with E-state index in [4.69, 9.17) is 0 Å². The average molecular weight is 278 g/mol. The number of rotatable bonds is 4. The van der Waals surface area contributed by atoms with Crippen molar-refractivity contribution in [1.82, 2.24) is 10.2 Å². The van der Waals surface area contributed by atoms with E-state index in [1.165, 1.54) is 6.07 Å². The highest BCUT2D eigenvalue weighted by Gasteiger charge is 2.24. The maximum absolute atomic E-state index is 13.6. The maximum Gasteiger partial charge on any atom is 0.254 e. The SMILES string of the molecule is CCCNC1CCCN(C(=O)c2ccc(C)c(F)c2)C1. The number of carbonyl (C=O) groups is 1. The molecule has 0 aromatic heterocycles. The number of benzene rings is 1. The van der Waals surface area contributed by atoms with Gasteiger partial charge >= 0.3 is 0 Å². The number of likely N-dealkylation sites (tertiary alicyclic amines) is 1. The Morgan fingerprint density at radius 3 is 3.00 bits per heavy atom. The summed E-state index contributed by atoms with van der Waals surface area (Å²) < 4.78 is 13.6. The van der Waals surface area contributed by atoms with Gasteiger partial charge in [-0.3, -0.25) is 4.79 Å². The molecule has 1 saturated heterocycles. The molecule has 0 radical (unpaired) electrons. The van der Waals surface area contributed by atoms with Crippen molar-refractivity contribution in [3.8, 4) is 0 Å². The molecule has 1 heterocycles. The third kappa shape index (κ3) is 3.57. The number of hydrogen-bond acceptors (Lipinski definition) is 2. The van der Waals surface area contributed by atoms with Gasteiger partial charge in [0.2, 0.25) is 0 Å². The minimum absolute atomic E-state index is 0.0631. The summed E-state index contributed by atoms with van der Waals surface area (Å²) in [6.07, 6.45) is 3.20. The van der Waals surface area contributed by atoms with Crippen molar-refractivity contribution >= 4 is 5.91 Å². The van der Waals surface area contributed by atoms with Gasteiger partial charge in [0.05, 0.1) is 0 Å². The van der Waals surface area contributed by atoms with Gasteiger partial charge in [-0.05, 0) is 50.4 Å². The predicted molar refractivity (Wildman–Crippen MR) is 78.4 cm³/mol. The monoisotopic (exact) mass is 278 g/mol. The molecule has 1 fully saturated rings. The summed E-state index contributed by atoms with van der Waals surface area (Å²) in [5, 5.41) is 3.46. The van der Waals surface area contributed by atoms with Crippen LogP contribution < -0.4 is 5.32 Å². The molecule has 4 heteroatoms. The Hall–Kier alpha value is -1.42. The molecule has 1 aromatic carbocycles. The number of carbonyl (C=O) groups excluding carboxylic acids is 1. The van der Waals surface area contributed by atoms with Gasteiger partial charge in [0.15, 0.2) is 0 Å². The van der Waals surface area contributed by atoms with E-state index in [0.717, 1.165) is 32.4 Å². The fourth-order valence-corrected chi connectivity index (χ4v) is 2.59. The van der Waals surface area contributed by atoms with Crippen LogP contribution in [-0.4, -0.2) is 36.5 Å². The van der Waals surface area contributed by atoms with Gasteiger partial charge in [0.25, 0.3) is 5.91 Å². The van der Waals surface area contributed by atoms with Crippen LogP contribution in [0.2, 0.25) is 0 Å². The zero-order valence-electron chi connectivity index (χ0n) is 12.3. The molecule has 2 rings (SSSR count). The standard InChI is InChI=1S/C16H23FN2O/c1-3-8-18-14-5-4-9-19(11-14)16(20)13-7-6-12(2)15(17)10-13/h6-7,10,14,18H,3-5,8-9,11H2,1-2H3. The first-order valence-corrected chi connectivity index (χ1v) is 7.40. The van der Waals surface area contributed by atoms with Gasteiger partial charge in [0.1, 0.15) is 5.82 Å². The molecule has 0 bridgehead atoms. The third-order valence-electron chi connectivity index (χ3n) is 3.81. The van der Waals surface area contributed by atoms with Crippen LogP contribution in [0.5, 0.6) is 0 Å². The molecule has 1 aromatic rings. The lowest BCUT2D eigenvalue weighted by molar-refractivity contribution is 0.0694. The zero-order chi connectivity index (χ0) is 14.5. The van der Waals surface area contributed by atoms with Crippen molar-refractivity contribution < 1.29 is 9.18 Å². The highest BCUT2D eigenvalue weighted by atomic mass is 19.1. The van der Waals surface area contributed by atoms with E-state index in [1.807, 2.05) is 4.90 Å². The first-order chi connectivity index (χ1) is 9.61. The Balaban J connectivity index is 2.02. The van der Waals surface area contributed by atoms with Gasteiger partial charge in [-0.2, -0.15) is 0 Å². The second kappa shape index (κ2) is 6.84. The van der Waals surface area contributed by atoms with Gasteiger partial charge in [-0.25, -0.2) is 4.39 Å². The summed E-state index contributed by atoms with van der Waals surface area (Å²) in [6, 6.07) is 5.09. The van der Waals surface area contributed by atoms with Crippen molar-refractivity contribution in [3.05, 3.63) is 35.1 Å². The fraction of sp³-hybridized carbons (Fsp3) is 0.562. The third-order valence-corrected chi connectivity index (χ3v) is 3.81. The molecule has 1 amide bonds. The van der Waals surface area contributed by atoms with Crippen molar-refractivity contribution in [3.63, 3.8) is 0 Å². The van der Waals surface area contributed by atoms with Gasteiger partial charge in [-0.1, -0.05) is 13.0 Å². The molecule has 1 aliphatic rings. The second-order valence-corrected chi connectivity index (χ2v) is 5.51. The quantitative estimate of drug-likeness (QED) is 0.918. The summed E-state index contributed by atoms with van der Waals surface area (Å²) in [4.78, 5) is 14.2. The topological polar surface area (TPSA) is 32.3 Å². The molecule has 20 heavy (non-hydrogen) atoms. The maximum atomic E-state index is 13.6. The van der Waals surface area contributed by atoms with Crippen LogP contribution in [0.15, 0.2) is 18.2 Å². The van der Waals surface area contributed by atoms with Crippen molar-refractivity contribution in [1.29, 1.82) is 0 Å². The molecule has 3 nitrogen and oxygen atoms in total. The molecule has 1 atom stereocenters. The molecular weight excluding hydrogens is 255 g/mol. The Morgan fingerprint density at radius 1 is 1.50 bits per heavy atom. The van der Waals surface area contributed by atoms with Crippen LogP contribution in [0.25, 0.3) is 0 Å². The van der Waals surface area contributed by atoms with Crippen LogP contribution in [-0.2, 0) is 0 Å². The molecule has 110 valence electrons. The van der Waals surface area contributed by atoms with Crippen molar-refractivity contribution in [2.75, 3.05) is 19.6 Å². The van der Waals surface area contributed by atoms with Gasteiger partial charge in [-0.15, -0.1) is 0 Å². The summed E-state index contributed by atoms with van der Waals surface area (Å²) >= 11 is 0. The minimum atomic E-state index is -0.312. The van der Waals surface area contributed by atoms with Crippen LogP contribution in [0.3, 0.4) is 0 Å². The molecule has 1 aliphatic heterocycles. The molecule has 0 aliphatic carbocycles. The number of piperidine rings is 1. The molecule has 0 spiro atoms. The fourth-order valence-electron chi connectivity index (χ4n) is 2.59. The molecule has 0 saturated carbocycles. The Bertz CT molecular complexity index is 476. The first kappa shape index (κ1) is 15.0. The lowest BCUT2D eigenvalue weighted by Gasteiger charge is -2.33. The van der Waals surface area contributed by atoms with Gasteiger partial charge in [0, 0.05) is 24.7 Å². The normalized spacial score (nSPS) is 19.1. The number of nitrogens with zero attached hydrogens (tertiary/aromatic N) is 1. The lowest BCUT2D eigenvalue weighted by atomic mass is 10.0. The molecular formula is C16H23FN2O. The highest BCUT2D eigenvalue weighted by Crippen LogP contribution is 2.16. The summed E-state index contributed by atoms with van der Waals surface area (Å²) in [7, 11) is 0. The van der Waals surface area contributed by atoms with Crippen LogP contribution in [0.4, 0.5) is 4.39 Å². The van der Waals surface area contributed by atoms with E-state index < -0.39 is 0 Å². The zero-order valence-corrected chi connectivity index (χ0v) is 12.3. The van der Waals surface area contributed by atoms with E-state index in [0.29, 0.717) is 23.7 Å². The lowest BCUT2D eigenvalue weighted by Crippen LogP contribution is -2.48. The summed E-state index contributed by atoms with van der Waals surface area (Å²) in [5.41, 5.74) is 1.02. The second-order valence-electron chi connectivity index (χ2n) is 5.51. The predicted octanol–water partition coefficient (Wildman–Crippen LogP) is 2.74. The smallest absolute Gasteiger partial charge is 0.254 e. The number of hydrogen-bond donors (Lipinski definition) is 1. The first-order valence-electron chi connectivity index (χ1n) is 7.40. The Morgan fingerprint density at radius 2 is 2.30 bits per heavy atom. The Kier molecular flexibility index (Phi) is 5.12. The van der Waals surface area contributed by atoms with Crippen molar-refractivity contribution in [2.45, 2.75) is 39.2 Å².